The molecule has 0 unspecified atom stereocenters. The minimum atomic E-state index is -0.388. The largest absolute Gasteiger partial charge is 0.478 e. The van der Waals surface area contributed by atoms with Gasteiger partial charge in [0.05, 0.1) is 31.1 Å². The van der Waals surface area contributed by atoms with Crippen LogP contribution in [0.3, 0.4) is 0 Å². The van der Waals surface area contributed by atoms with Crippen molar-refractivity contribution in [1.82, 2.24) is 9.38 Å². The summed E-state index contributed by atoms with van der Waals surface area (Å²) in [5, 5.41) is 9.34. The van der Waals surface area contributed by atoms with Crippen molar-refractivity contribution in [3.05, 3.63) is 53.9 Å². The molecule has 3 aromatic heterocycles. The van der Waals surface area contributed by atoms with Crippen molar-refractivity contribution in [1.29, 1.82) is 0 Å². The molecule has 0 aliphatic heterocycles. The van der Waals surface area contributed by atoms with E-state index in [1.54, 1.807) is 25.3 Å². The standard InChI is InChI=1S/C19H20N2O4/c1-3-24-17-6-5-14(11-20-17)18-16(19(23)25-4-2)10-15-9-13(12-22)7-8-21(15)18/h5-11,22H,3-4,12H2,1-2H3. The molecule has 0 radical (unpaired) electrons. The fourth-order valence-corrected chi connectivity index (χ4v) is 2.74. The molecule has 130 valence electrons. The average molecular weight is 340 g/mol. The SMILES string of the molecule is CCOC(=O)c1cc2cc(CO)ccn2c1-c1ccc(OCC)nc1. The van der Waals surface area contributed by atoms with E-state index >= 15 is 0 Å². The monoisotopic (exact) mass is 340 g/mol. The molecule has 0 fully saturated rings. The molecule has 6 nitrogen and oxygen atoms in total. The van der Waals surface area contributed by atoms with E-state index in [2.05, 4.69) is 4.98 Å². The molecule has 0 aliphatic rings. The van der Waals surface area contributed by atoms with Crippen LogP contribution >= 0.6 is 0 Å². The van der Waals surface area contributed by atoms with E-state index in [1.807, 2.05) is 35.7 Å². The Labute approximate surface area is 145 Å². The lowest BCUT2D eigenvalue weighted by molar-refractivity contribution is 0.0527. The Balaban J connectivity index is 2.16. The smallest absolute Gasteiger partial charge is 0.340 e. The van der Waals surface area contributed by atoms with Crippen molar-refractivity contribution in [2.75, 3.05) is 13.2 Å². The summed E-state index contributed by atoms with van der Waals surface area (Å²) in [4.78, 5) is 16.7. The second kappa shape index (κ2) is 7.36. The van der Waals surface area contributed by atoms with Gasteiger partial charge < -0.3 is 19.0 Å². The number of hydrogen-bond acceptors (Lipinski definition) is 5. The van der Waals surface area contributed by atoms with Gasteiger partial charge in [-0.25, -0.2) is 9.78 Å². The zero-order valence-corrected chi connectivity index (χ0v) is 14.2. The van der Waals surface area contributed by atoms with Crippen LogP contribution in [0.15, 0.2) is 42.7 Å². The lowest BCUT2D eigenvalue weighted by atomic mass is 10.1. The summed E-state index contributed by atoms with van der Waals surface area (Å²) in [5.74, 6) is 0.146. The molecule has 0 bridgehead atoms. The maximum Gasteiger partial charge on any atom is 0.340 e. The highest BCUT2D eigenvalue weighted by molar-refractivity contribution is 5.99. The van der Waals surface area contributed by atoms with E-state index in [1.165, 1.54) is 0 Å². The van der Waals surface area contributed by atoms with Gasteiger partial charge in [-0.05, 0) is 43.7 Å². The van der Waals surface area contributed by atoms with Crippen LogP contribution < -0.4 is 4.74 Å². The van der Waals surface area contributed by atoms with Gasteiger partial charge in [0.15, 0.2) is 0 Å². The molecule has 0 saturated carbocycles. The highest BCUT2D eigenvalue weighted by atomic mass is 16.5. The van der Waals surface area contributed by atoms with Gasteiger partial charge in [0, 0.05) is 29.5 Å². The lowest BCUT2D eigenvalue weighted by Crippen LogP contribution is -2.05. The molecule has 3 aromatic rings. The molecule has 6 heteroatoms. The third-order valence-corrected chi connectivity index (χ3v) is 3.82. The first-order valence-corrected chi connectivity index (χ1v) is 8.19. The topological polar surface area (TPSA) is 73.1 Å². The number of aliphatic hydroxyl groups is 1. The van der Waals surface area contributed by atoms with Crippen molar-refractivity contribution < 1.29 is 19.4 Å². The molecule has 0 amide bonds. The lowest BCUT2D eigenvalue weighted by Gasteiger charge is -2.08. The molecule has 0 aromatic carbocycles. The van der Waals surface area contributed by atoms with Crippen LogP contribution in [-0.2, 0) is 11.3 Å². The summed E-state index contributed by atoms with van der Waals surface area (Å²) < 4.78 is 12.5. The Morgan fingerprint density at radius 3 is 2.68 bits per heavy atom. The minimum absolute atomic E-state index is 0.0592. The van der Waals surface area contributed by atoms with Gasteiger partial charge in [0.2, 0.25) is 5.88 Å². The molecule has 1 N–H and O–H groups in total. The van der Waals surface area contributed by atoms with E-state index in [0.717, 1.165) is 16.6 Å². The number of carbonyl (C=O) groups excluding carboxylic acids is 1. The molecule has 25 heavy (non-hydrogen) atoms. The predicted molar refractivity (Wildman–Crippen MR) is 93.7 cm³/mol. The normalized spacial score (nSPS) is 10.8. The van der Waals surface area contributed by atoms with E-state index in [0.29, 0.717) is 30.4 Å². The van der Waals surface area contributed by atoms with Crippen LogP contribution in [0.2, 0.25) is 0 Å². The maximum absolute atomic E-state index is 12.4. The van der Waals surface area contributed by atoms with E-state index < -0.39 is 0 Å². The van der Waals surface area contributed by atoms with Crippen LogP contribution in [0.5, 0.6) is 5.88 Å². The van der Waals surface area contributed by atoms with Crippen LogP contribution in [0.4, 0.5) is 0 Å². The summed E-state index contributed by atoms with van der Waals surface area (Å²) in [6, 6.07) is 9.06. The first-order valence-electron chi connectivity index (χ1n) is 8.19. The number of fused-ring (bicyclic) bond motifs is 1. The van der Waals surface area contributed by atoms with Gasteiger partial charge in [-0.1, -0.05) is 0 Å². The number of hydrogen-bond donors (Lipinski definition) is 1. The van der Waals surface area contributed by atoms with Crippen LogP contribution in [-0.4, -0.2) is 33.7 Å². The Morgan fingerprint density at radius 1 is 1.20 bits per heavy atom. The number of ether oxygens (including phenoxy) is 2. The van der Waals surface area contributed by atoms with E-state index in [4.69, 9.17) is 9.47 Å². The molecule has 0 spiro atoms. The third kappa shape index (κ3) is 3.34. The number of nitrogens with zero attached hydrogens (tertiary/aromatic N) is 2. The molecule has 0 atom stereocenters. The highest BCUT2D eigenvalue weighted by Gasteiger charge is 2.20. The third-order valence-electron chi connectivity index (χ3n) is 3.82. The van der Waals surface area contributed by atoms with Gasteiger partial charge in [0.25, 0.3) is 0 Å². The minimum Gasteiger partial charge on any atom is -0.478 e. The van der Waals surface area contributed by atoms with Crippen LogP contribution in [0.25, 0.3) is 16.8 Å². The number of esters is 1. The Kier molecular flexibility index (Phi) is 5.00. The number of carbonyl (C=O) groups is 1. The van der Waals surface area contributed by atoms with Crippen molar-refractivity contribution in [3.63, 3.8) is 0 Å². The second-order valence-corrected chi connectivity index (χ2v) is 5.43. The zero-order chi connectivity index (χ0) is 17.8. The number of aromatic nitrogens is 2. The van der Waals surface area contributed by atoms with Crippen molar-refractivity contribution in [2.45, 2.75) is 20.5 Å². The molecule has 3 rings (SSSR count). The fourth-order valence-electron chi connectivity index (χ4n) is 2.74. The maximum atomic E-state index is 12.4. The highest BCUT2D eigenvalue weighted by Crippen LogP contribution is 2.29. The van der Waals surface area contributed by atoms with Gasteiger partial charge in [-0.3, -0.25) is 0 Å². The molecular weight excluding hydrogens is 320 g/mol. The van der Waals surface area contributed by atoms with Crippen molar-refractivity contribution in [3.8, 4) is 17.1 Å². The summed E-state index contributed by atoms with van der Waals surface area (Å²) in [5.41, 5.74) is 3.52. The molecule has 0 aliphatic carbocycles. The van der Waals surface area contributed by atoms with Crippen LogP contribution in [0, 0.1) is 0 Å². The van der Waals surface area contributed by atoms with E-state index in [-0.39, 0.29) is 12.6 Å². The summed E-state index contributed by atoms with van der Waals surface area (Å²) in [6.45, 7) is 4.45. The summed E-state index contributed by atoms with van der Waals surface area (Å²) in [7, 11) is 0. The Bertz CT molecular complexity index is 884. The summed E-state index contributed by atoms with van der Waals surface area (Å²) in [6.07, 6.45) is 3.50. The van der Waals surface area contributed by atoms with Gasteiger partial charge in [-0.15, -0.1) is 0 Å². The first kappa shape index (κ1) is 17.0. The first-order chi connectivity index (χ1) is 12.2. The Morgan fingerprint density at radius 2 is 2.04 bits per heavy atom. The fraction of sp³-hybridized carbons (Fsp3) is 0.263. The molecule has 3 heterocycles. The number of rotatable bonds is 6. The van der Waals surface area contributed by atoms with Crippen molar-refractivity contribution in [2.24, 2.45) is 0 Å². The van der Waals surface area contributed by atoms with Gasteiger partial charge in [0.1, 0.15) is 0 Å². The predicted octanol–water partition coefficient (Wildman–Crippen LogP) is 3.07. The second-order valence-electron chi connectivity index (χ2n) is 5.43. The van der Waals surface area contributed by atoms with E-state index in [9.17, 15) is 9.90 Å². The zero-order valence-electron chi connectivity index (χ0n) is 14.2. The average Bonchev–Trinajstić information content (AvgIpc) is 3.01. The Hall–Kier alpha value is -2.86. The van der Waals surface area contributed by atoms with Gasteiger partial charge >= 0.3 is 5.97 Å². The van der Waals surface area contributed by atoms with Crippen molar-refractivity contribution >= 4 is 11.5 Å². The number of aliphatic hydroxyl groups excluding tert-OH is 1. The summed E-state index contributed by atoms with van der Waals surface area (Å²) >= 11 is 0. The van der Waals surface area contributed by atoms with Gasteiger partial charge in [-0.2, -0.15) is 0 Å². The molecular formula is C19H20N2O4. The quantitative estimate of drug-likeness (QED) is 0.698. The van der Waals surface area contributed by atoms with Crippen LogP contribution in [0.1, 0.15) is 29.8 Å². The number of pyridine rings is 2. The molecule has 0 saturated heterocycles.